The molecule has 7 heteroatoms. The summed E-state index contributed by atoms with van der Waals surface area (Å²) in [4.78, 5) is 26.5. The minimum absolute atomic E-state index is 0.00877. The highest BCUT2D eigenvalue weighted by atomic mass is 19.1. The van der Waals surface area contributed by atoms with Crippen LogP contribution in [0.1, 0.15) is 189 Å². The van der Waals surface area contributed by atoms with Crippen LogP contribution in [0.4, 0.5) is 4.39 Å². The second-order valence-corrected chi connectivity index (χ2v) is 19.6. The molecule has 1 amide bonds. The normalized spacial score (nSPS) is 32.9. The van der Waals surface area contributed by atoms with Gasteiger partial charge in [-0.25, -0.2) is 4.39 Å². The van der Waals surface area contributed by atoms with E-state index in [1.165, 1.54) is 134 Å². The molecular formula is C48H84FN2O4+. The molecule has 3 saturated carbocycles. The first-order valence-corrected chi connectivity index (χ1v) is 23.4. The van der Waals surface area contributed by atoms with Gasteiger partial charge in [-0.1, -0.05) is 142 Å². The fourth-order valence-electron chi connectivity index (χ4n) is 11.9. The van der Waals surface area contributed by atoms with Crippen LogP contribution in [0.15, 0.2) is 23.8 Å². The predicted octanol–water partition coefficient (Wildman–Crippen LogP) is 10.7. The van der Waals surface area contributed by atoms with Crippen LogP contribution in [0.5, 0.6) is 0 Å². The van der Waals surface area contributed by atoms with Gasteiger partial charge < -0.3 is 20.0 Å². The number of carbonyl (C=O) groups is 2. The van der Waals surface area contributed by atoms with Crippen molar-refractivity contribution in [1.82, 2.24) is 5.32 Å². The molecule has 0 aromatic carbocycles. The smallest absolute Gasteiger partial charge is 0.253 e. The van der Waals surface area contributed by atoms with E-state index in [1.54, 1.807) is 12.2 Å². The summed E-state index contributed by atoms with van der Waals surface area (Å²) in [5, 5.41) is 27.5. The summed E-state index contributed by atoms with van der Waals surface area (Å²) in [6.07, 6.45) is 31.3. The van der Waals surface area contributed by atoms with Crippen LogP contribution in [-0.2, 0) is 9.59 Å². The number of aliphatic hydroxyl groups excluding tert-OH is 1. The summed E-state index contributed by atoms with van der Waals surface area (Å²) in [6, 6.07) is 0. The molecule has 4 rings (SSSR count). The van der Waals surface area contributed by atoms with Gasteiger partial charge in [0.15, 0.2) is 17.1 Å². The Bertz CT molecular complexity index is 1260. The first-order valence-electron chi connectivity index (χ1n) is 23.4. The first-order chi connectivity index (χ1) is 26.2. The topological polar surface area (TPSA) is 86.6 Å². The molecule has 0 bridgehead atoms. The minimum atomic E-state index is -1.97. The third-order valence-corrected chi connectivity index (χ3v) is 15.6. The first kappa shape index (κ1) is 46.1. The fourth-order valence-corrected chi connectivity index (χ4v) is 11.9. The molecule has 0 heterocycles. The number of nitrogens with one attached hydrogen (secondary N) is 1. The van der Waals surface area contributed by atoms with Crippen molar-refractivity contribution < 1.29 is 28.7 Å². The Morgan fingerprint density at radius 2 is 1.31 bits per heavy atom. The SMILES string of the molecule is CCCCCCCCCCCC[N+](C)(CCCCCCCCCCCC)CCNC(=O)[C@@]1(O)[C@H](C)C[C@H]2[C@@H]3CCC4=CC(=O)C=C[C@]4(C)[C@@]3(F)[C@@H](O)C[C@@]21C. The standard InChI is InChI=1S/C48H83FN2O4/c1-7-9-11-13-15-17-19-21-23-25-32-51(6,33-26-24-22-20-18-16-14-12-10-8-2)34-31-50-44(54)48(55)38(3)35-42-41-28-27-39-36-40(52)29-30-45(39,4)47(41,49)43(53)37-46(42,48)5/h29-30,36,38,41-43,53,55H,7-28,31-35,37H2,1-6H3/p+1/t38-,41+,42+,43+,45+,46+,47+,48+/m1/s1. The molecule has 0 unspecified atom stereocenters. The lowest BCUT2D eigenvalue weighted by atomic mass is 9.44. The number of ketones is 1. The highest BCUT2D eigenvalue weighted by molar-refractivity contribution is 6.01. The van der Waals surface area contributed by atoms with Gasteiger partial charge in [-0.05, 0) is 82.3 Å². The van der Waals surface area contributed by atoms with Gasteiger partial charge in [0, 0.05) is 16.7 Å². The van der Waals surface area contributed by atoms with Gasteiger partial charge in [-0.2, -0.15) is 0 Å². The molecule has 55 heavy (non-hydrogen) atoms. The van der Waals surface area contributed by atoms with E-state index in [1.807, 2.05) is 20.8 Å². The van der Waals surface area contributed by atoms with Crippen LogP contribution in [-0.4, -0.2) is 77.0 Å². The van der Waals surface area contributed by atoms with Crippen molar-refractivity contribution in [1.29, 1.82) is 0 Å². The van der Waals surface area contributed by atoms with E-state index in [9.17, 15) is 19.8 Å². The van der Waals surface area contributed by atoms with E-state index in [4.69, 9.17) is 0 Å². The van der Waals surface area contributed by atoms with Gasteiger partial charge in [0.25, 0.3) is 5.91 Å². The Morgan fingerprint density at radius 1 is 0.818 bits per heavy atom. The van der Waals surface area contributed by atoms with E-state index in [0.717, 1.165) is 29.7 Å². The molecular weight excluding hydrogens is 688 g/mol. The number of amides is 1. The number of carbonyl (C=O) groups excluding carboxylic acids is 2. The molecule has 4 aliphatic rings. The highest BCUT2D eigenvalue weighted by Gasteiger charge is 2.75. The Balaban J connectivity index is 1.34. The molecule has 316 valence electrons. The number of nitrogens with zero attached hydrogens (tertiary/aromatic N) is 1. The van der Waals surface area contributed by atoms with Gasteiger partial charge in [-0.3, -0.25) is 9.59 Å². The number of halogens is 1. The number of alkyl halides is 1. The quantitative estimate of drug-likeness (QED) is 0.0604. The average molecular weight is 772 g/mol. The highest BCUT2D eigenvalue weighted by Crippen LogP contribution is 2.70. The fraction of sp³-hybridized carbons (Fsp3) is 0.875. The molecule has 8 atom stereocenters. The van der Waals surface area contributed by atoms with Crippen LogP contribution in [0.2, 0.25) is 0 Å². The van der Waals surface area contributed by atoms with Gasteiger partial charge in [0.2, 0.25) is 0 Å². The molecule has 4 aliphatic carbocycles. The van der Waals surface area contributed by atoms with Crippen molar-refractivity contribution >= 4 is 11.7 Å². The van der Waals surface area contributed by atoms with Crippen molar-refractivity contribution in [2.75, 3.05) is 33.2 Å². The summed E-state index contributed by atoms with van der Waals surface area (Å²) in [6.45, 7) is 13.7. The van der Waals surface area contributed by atoms with Gasteiger partial charge in [0.1, 0.15) is 0 Å². The zero-order valence-corrected chi connectivity index (χ0v) is 36.4. The number of unbranched alkanes of at least 4 members (excludes halogenated alkanes) is 18. The lowest BCUT2D eigenvalue weighted by molar-refractivity contribution is -0.908. The summed E-state index contributed by atoms with van der Waals surface area (Å²) < 4.78 is 18.6. The number of likely N-dealkylation sites (N-methyl/N-ethyl adjacent to an activating group) is 1. The van der Waals surface area contributed by atoms with Crippen molar-refractivity contribution in [2.45, 2.75) is 206 Å². The zero-order valence-electron chi connectivity index (χ0n) is 36.4. The Morgan fingerprint density at radius 3 is 1.82 bits per heavy atom. The third kappa shape index (κ3) is 10.4. The second-order valence-electron chi connectivity index (χ2n) is 19.6. The predicted molar refractivity (Wildman–Crippen MR) is 225 cm³/mol. The maximum atomic E-state index is 17.6. The molecule has 0 aromatic rings. The second kappa shape index (κ2) is 20.9. The maximum absolute atomic E-state index is 17.6. The Kier molecular flexibility index (Phi) is 17.5. The molecule has 0 spiro atoms. The number of aliphatic hydroxyl groups is 2. The maximum Gasteiger partial charge on any atom is 0.253 e. The molecule has 0 aliphatic heterocycles. The summed E-state index contributed by atoms with van der Waals surface area (Å²) in [5.74, 6) is -1.65. The Labute approximate surface area is 336 Å². The van der Waals surface area contributed by atoms with E-state index in [2.05, 4.69) is 26.2 Å². The monoisotopic (exact) mass is 772 g/mol. The Hall–Kier alpha value is -1.57. The third-order valence-electron chi connectivity index (χ3n) is 15.6. The van der Waals surface area contributed by atoms with Crippen LogP contribution in [0.3, 0.4) is 0 Å². The molecule has 0 radical (unpaired) electrons. The number of fused-ring (bicyclic) bond motifs is 5. The van der Waals surface area contributed by atoms with E-state index >= 15 is 4.39 Å². The van der Waals surface area contributed by atoms with E-state index < -0.39 is 34.1 Å². The van der Waals surface area contributed by atoms with Crippen LogP contribution in [0, 0.1) is 28.6 Å². The zero-order chi connectivity index (χ0) is 40.2. The van der Waals surface area contributed by atoms with Crippen LogP contribution in [0.25, 0.3) is 0 Å². The van der Waals surface area contributed by atoms with Gasteiger partial charge in [0.05, 0.1) is 39.3 Å². The largest absolute Gasteiger partial charge is 0.390 e. The number of allylic oxidation sites excluding steroid dienone is 4. The van der Waals surface area contributed by atoms with Crippen molar-refractivity contribution in [2.24, 2.45) is 28.6 Å². The van der Waals surface area contributed by atoms with Crippen LogP contribution >= 0.6 is 0 Å². The van der Waals surface area contributed by atoms with Crippen molar-refractivity contribution in [3.05, 3.63) is 23.8 Å². The van der Waals surface area contributed by atoms with Gasteiger partial charge >= 0.3 is 0 Å². The molecule has 0 saturated heterocycles. The number of hydrogen-bond acceptors (Lipinski definition) is 4. The summed E-state index contributed by atoms with van der Waals surface area (Å²) in [7, 11) is 2.36. The number of hydrogen-bond donors (Lipinski definition) is 3. The summed E-state index contributed by atoms with van der Waals surface area (Å²) >= 11 is 0. The van der Waals surface area contributed by atoms with Gasteiger partial charge in [-0.15, -0.1) is 0 Å². The number of rotatable bonds is 26. The lowest BCUT2D eigenvalue weighted by Crippen LogP contribution is -2.70. The molecule has 0 aromatic heterocycles. The van der Waals surface area contributed by atoms with E-state index in [0.29, 0.717) is 25.8 Å². The lowest BCUT2D eigenvalue weighted by Gasteiger charge is -2.62. The van der Waals surface area contributed by atoms with Crippen molar-refractivity contribution in [3.8, 4) is 0 Å². The summed E-state index contributed by atoms with van der Waals surface area (Å²) in [5.41, 5.74) is -4.97. The van der Waals surface area contributed by atoms with E-state index in [-0.39, 0.29) is 29.9 Å². The number of quaternary nitrogens is 1. The molecule has 6 nitrogen and oxygen atoms in total. The van der Waals surface area contributed by atoms with Crippen LogP contribution < -0.4 is 5.32 Å². The molecule has 3 fully saturated rings. The molecule has 3 N–H and O–H groups in total. The average Bonchev–Trinajstić information content (AvgIpc) is 3.35. The van der Waals surface area contributed by atoms with Crippen molar-refractivity contribution in [3.63, 3.8) is 0 Å². The minimum Gasteiger partial charge on any atom is -0.390 e.